The van der Waals surface area contributed by atoms with Crippen LogP contribution >= 0.6 is 0 Å². The van der Waals surface area contributed by atoms with Crippen LogP contribution in [0.1, 0.15) is 11.1 Å². The molecule has 1 unspecified atom stereocenters. The van der Waals surface area contributed by atoms with E-state index in [-0.39, 0.29) is 18.4 Å². The molecule has 2 aromatic carbocycles. The molecule has 1 aliphatic rings. The standard InChI is InChI=1S/C23H21FN2O4/c1-28-19-7-8-21-16(11-19)10-17(14-29-21)22(27)26-13-15-4-3-9-25-23(15)30-20-6-2-5-18(24)12-20/h2-9,11-12,17H,10,13-14H2,1H3,(H,26,27). The summed E-state index contributed by atoms with van der Waals surface area (Å²) in [5.41, 5.74) is 1.63. The minimum atomic E-state index is -0.396. The molecule has 0 saturated carbocycles. The molecular formula is C23H21FN2O4. The molecule has 1 N–H and O–H groups in total. The molecule has 154 valence electrons. The molecule has 0 fully saturated rings. The Morgan fingerprint density at radius 2 is 2.10 bits per heavy atom. The monoisotopic (exact) mass is 408 g/mol. The third kappa shape index (κ3) is 4.51. The summed E-state index contributed by atoms with van der Waals surface area (Å²) in [4.78, 5) is 16.9. The van der Waals surface area contributed by atoms with E-state index in [4.69, 9.17) is 14.2 Å². The summed E-state index contributed by atoms with van der Waals surface area (Å²) < 4.78 is 30.1. The van der Waals surface area contributed by atoms with Crippen molar-refractivity contribution in [2.75, 3.05) is 13.7 Å². The summed E-state index contributed by atoms with van der Waals surface area (Å²) in [5.74, 6) is 1.34. The van der Waals surface area contributed by atoms with E-state index < -0.39 is 5.82 Å². The maximum Gasteiger partial charge on any atom is 0.227 e. The van der Waals surface area contributed by atoms with E-state index in [2.05, 4.69) is 10.3 Å². The van der Waals surface area contributed by atoms with Gasteiger partial charge in [-0.3, -0.25) is 4.79 Å². The van der Waals surface area contributed by atoms with Crippen LogP contribution in [0.3, 0.4) is 0 Å². The molecule has 30 heavy (non-hydrogen) atoms. The first-order valence-corrected chi connectivity index (χ1v) is 9.57. The number of amides is 1. The lowest BCUT2D eigenvalue weighted by atomic mass is 9.95. The normalized spacial score (nSPS) is 14.9. The second kappa shape index (κ2) is 8.82. The highest BCUT2D eigenvalue weighted by Crippen LogP contribution is 2.31. The molecule has 2 heterocycles. The van der Waals surface area contributed by atoms with Crippen molar-refractivity contribution < 1.29 is 23.4 Å². The molecule has 4 rings (SSSR count). The van der Waals surface area contributed by atoms with Crippen molar-refractivity contribution in [3.05, 3.63) is 77.7 Å². The van der Waals surface area contributed by atoms with Crippen molar-refractivity contribution in [1.82, 2.24) is 10.3 Å². The smallest absolute Gasteiger partial charge is 0.227 e. The molecule has 7 heteroatoms. The van der Waals surface area contributed by atoms with Gasteiger partial charge in [0.25, 0.3) is 0 Å². The maximum atomic E-state index is 13.4. The number of methoxy groups -OCH3 is 1. The van der Waals surface area contributed by atoms with Crippen molar-refractivity contribution >= 4 is 5.91 Å². The fourth-order valence-corrected chi connectivity index (χ4v) is 3.29. The Balaban J connectivity index is 1.41. The molecule has 0 saturated heterocycles. The Hall–Kier alpha value is -3.61. The van der Waals surface area contributed by atoms with Gasteiger partial charge in [-0.1, -0.05) is 12.1 Å². The Kier molecular flexibility index (Phi) is 5.79. The van der Waals surface area contributed by atoms with Crippen LogP contribution in [-0.4, -0.2) is 24.6 Å². The van der Waals surface area contributed by atoms with Crippen LogP contribution in [0, 0.1) is 11.7 Å². The molecule has 1 amide bonds. The molecule has 1 atom stereocenters. The van der Waals surface area contributed by atoms with Crippen molar-refractivity contribution in [3.8, 4) is 23.1 Å². The van der Waals surface area contributed by atoms with E-state index in [0.29, 0.717) is 30.2 Å². The summed E-state index contributed by atoms with van der Waals surface area (Å²) in [6.45, 7) is 0.545. The Labute approximate surface area is 173 Å². The van der Waals surface area contributed by atoms with Gasteiger partial charge in [0.1, 0.15) is 29.7 Å². The minimum absolute atomic E-state index is 0.121. The highest BCUT2D eigenvalue weighted by atomic mass is 19.1. The van der Waals surface area contributed by atoms with Crippen molar-refractivity contribution in [1.29, 1.82) is 0 Å². The highest BCUT2D eigenvalue weighted by Gasteiger charge is 2.26. The molecular weight excluding hydrogens is 387 g/mol. The first-order chi connectivity index (χ1) is 14.6. The average Bonchev–Trinajstić information content (AvgIpc) is 2.77. The number of fused-ring (bicyclic) bond motifs is 1. The second-order valence-electron chi connectivity index (χ2n) is 6.93. The number of hydrogen-bond donors (Lipinski definition) is 1. The van der Waals surface area contributed by atoms with Crippen molar-refractivity contribution in [2.24, 2.45) is 5.92 Å². The molecule has 0 aliphatic carbocycles. The first kappa shape index (κ1) is 19.7. The topological polar surface area (TPSA) is 69.7 Å². The van der Waals surface area contributed by atoms with Crippen LogP contribution in [0.2, 0.25) is 0 Å². The zero-order valence-electron chi connectivity index (χ0n) is 16.4. The molecule has 0 radical (unpaired) electrons. The van der Waals surface area contributed by atoms with Crippen molar-refractivity contribution in [2.45, 2.75) is 13.0 Å². The average molecular weight is 408 g/mol. The summed E-state index contributed by atoms with van der Waals surface area (Å²) in [7, 11) is 1.60. The van der Waals surface area contributed by atoms with Gasteiger partial charge < -0.3 is 19.5 Å². The highest BCUT2D eigenvalue weighted by molar-refractivity contribution is 5.79. The molecule has 1 aliphatic heterocycles. The summed E-state index contributed by atoms with van der Waals surface area (Å²) in [6.07, 6.45) is 2.15. The predicted octanol–water partition coefficient (Wildman–Crippen LogP) is 3.89. The van der Waals surface area contributed by atoms with Gasteiger partial charge in [-0.2, -0.15) is 0 Å². The quantitative estimate of drug-likeness (QED) is 0.670. The van der Waals surface area contributed by atoms with Gasteiger partial charge in [-0.15, -0.1) is 0 Å². The lowest BCUT2D eigenvalue weighted by Crippen LogP contribution is -2.37. The van der Waals surface area contributed by atoms with E-state index in [9.17, 15) is 9.18 Å². The molecule has 3 aromatic rings. The lowest BCUT2D eigenvalue weighted by molar-refractivity contribution is -0.126. The number of benzene rings is 2. The maximum absolute atomic E-state index is 13.4. The van der Waals surface area contributed by atoms with Crippen LogP contribution in [0.15, 0.2) is 60.8 Å². The number of aromatic nitrogens is 1. The van der Waals surface area contributed by atoms with E-state index in [1.54, 1.807) is 37.6 Å². The number of carbonyl (C=O) groups is 1. The SMILES string of the molecule is COc1ccc2c(c1)CC(C(=O)NCc1cccnc1Oc1cccc(F)c1)CO2. The molecule has 1 aromatic heterocycles. The second-order valence-corrected chi connectivity index (χ2v) is 6.93. The number of nitrogens with zero attached hydrogens (tertiary/aromatic N) is 1. The number of nitrogens with one attached hydrogen (secondary N) is 1. The number of ether oxygens (including phenoxy) is 3. The van der Waals surface area contributed by atoms with Crippen LogP contribution < -0.4 is 19.5 Å². The Bertz CT molecular complexity index is 1060. The van der Waals surface area contributed by atoms with E-state index in [1.807, 2.05) is 18.2 Å². The Morgan fingerprint density at radius 1 is 1.20 bits per heavy atom. The van der Waals surface area contributed by atoms with Gasteiger partial charge in [-0.25, -0.2) is 9.37 Å². The summed E-state index contributed by atoms with van der Waals surface area (Å²) in [5, 5.41) is 2.92. The zero-order valence-corrected chi connectivity index (χ0v) is 16.4. The third-order valence-corrected chi connectivity index (χ3v) is 4.86. The van der Waals surface area contributed by atoms with Gasteiger partial charge in [0.2, 0.25) is 11.8 Å². The fraction of sp³-hybridized carbons (Fsp3) is 0.217. The van der Waals surface area contributed by atoms with Gasteiger partial charge in [0.15, 0.2) is 0 Å². The predicted molar refractivity (Wildman–Crippen MR) is 108 cm³/mol. The first-order valence-electron chi connectivity index (χ1n) is 9.57. The van der Waals surface area contributed by atoms with Crippen LogP contribution in [0.5, 0.6) is 23.1 Å². The van der Waals surface area contributed by atoms with E-state index >= 15 is 0 Å². The van der Waals surface area contributed by atoms with E-state index in [1.165, 1.54) is 12.1 Å². The van der Waals surface area contributed by atoms with E-state index in [0.717, 1.165) is 17.1 Å². The lowest BCUT2D eigenvalue weighted by Gasteiger charge is -2.25. The molecule has 0 spiro atoms. The Morgan fingerprint density at radius 3 is 2.93 bits per heavy atom. The molecule has 6 nitrogen and oxygen atoms in total. The number of rotatable bonds is 6. The number of halogens is 1. The van der Waals surface area contributed by atoms with Crippen LogP contribution in [0.25, 0.3) is 0 Å². The van der Waals surface area contributed by atoms with Crippen LogP contribution in [0.4, 0.5) is 4.39 Å². The largest absolute Gasteiger partial charge is 0.497 e. The van der Waals surface area contributed by atoms with Gasteiger partial charge in [0.05, 0.1) is 13.0 Å². The fourth-order valence-electron chi connectivity index (χ4n) is 3.29. The summed E-state index contributed by atoms with van der Waals surface area (Å²) in [6, 6.07) is 15.0. The number of hydrogen-bond acceptors (Lipinski definition) is 5. The van der Waals surface area contributed by atoms with Gasteiger partial charge >= 0.3 is 0 Å². The van der Waals surface area contributed by atoms with Crippen LogP contribution in [-0.2, 0) is 17.8 Å². The number of carbonyl (C=O) groups excluding carboxylic acids is 1. The third-order valence-electron chi connectivity index (χ3n) is 4.86. The summed E-state index contributed by atoms with van der Waals surface area (Å²) >= 11 is 0. The number of pyridine rings is 1. The zero-order chi connectivity index (χ0) is 20.9. The van der Waals surface area contributed by atoms with Gasteiger partial charge in [0, 0.05) is 24.4 Å². The minimum Gasteiger partial charge on any atom is -0.497 e. The molecule has 0 bridgehead atoms. The van der Waals surface area contributed by atoms with Gasteiger partial charge in [-0.05, 0) is 48.4 Å². The van der Waals surface area contributed by atoms with Crippen molar-refractivity contribution in [3.63, 3.8) is 0 Å².